The van der Waals surface area contributed by atoms with Crippen molar-refractivity contribution in [3.8, 4) is 0 Å². The van der Waals surface area contributed by atoms with E-state index < -0.39 is 11.7 Å². The van der Waals surface area contributed by atoms with Gasteiger partial charge in [0, 0.05) is 32.0 Å². The summed E-state index contributed by atoms with van der Waals surface area (Å²) in [4.78, 5) is 8.31. The zero-order valence-electron chi connectivity index (χ0n) is 16.9. The second kappa shape index (κ2) is 11.7. The Kier molecular flexibility index (Phi) is 9.27. The van der Waals surface area contributed by atoms with E-state index in [1.165, 1.54) is 6.07 Å². The van der Waals surface area contributed by atoms with E-state index in [4.69, 9.17) is 0 Å². The van der Waals surface area contributed by atoms with E-state index in [1.807, 2.05) is 35.7 Å². The van der Waals surface area contributed by atoms with Gasteiger partial charge >= 0.3 is 6.18 Å². The minimum atomic E-state index is -4.38. The molecule has 0 radical (unpaired) electrons. The number of pyridine rings is 2. The average molecular weight is 548 g/mol. The van der Waals surface area contributed by atoms with E-state index >= 15 is 0 Å². The van der Waals surface area contributed by atoms with Gasteiger partial charge in [0.2, 0.25) is 0 Å². The second-order valence-electron chi connectivity index (χ2n) is 6.38. The largest absolute Gasteiger partial charge is 0.417 e. The van der Waals surface area contributed by atoms with E-state index in [0.29, 0.717) is 38.0 Å². The van der Waals surface area contributed by atoms with Gasteiger partial charge in [-0.15, -0.1) is 34.2 Å². The third-order valence-electron chi connectivity index (χ3n) is 4.15. The lowest BCUT2D eigenvalue weighted by Crippen LogP contribution is -2.38. The topological polar surface area (TPSA) is 91.5 Å². The minimum Gasteiger partial charge on any atom is -0.370 e. The quantitative estimate of drug-likeness (QED) is 0.173. The zero-order valence-corrected chi connectivity index (χ0v) is 19.2. The third kappa shape index (κ3) is 7.22. The van der Waals surface area contributed by atoms with E-state index in [0.717, 1.165) is 30.2 Å². The molecule has 12 heteroatoms. The number of guanidine groups is 1. The van der Waals surface area contributed by atoms with E-state index in [-0.39, 0.29) is 24.0 Å². The number of hydrogen-bond donors (Lipinski definition) is 3. The standard InChI is InChI=1S/C19H23F3N8.HI/c1-2-23-18(27-13-17-29-28-16-6-3-4-11-30(16)17)25-10-5-9-24-15-8-7-14(12-26-15)19(20,21)22;/h3-4,6-8,11-12H,2,5,9-10,13H2,1H3,(H,24,26)(H2,23,25,27);1H. The van der Waals surface area contributed by atoms with Gasteiger partial charge < -0.3 is 16.0 Å². The van der Waals surface area contributed by atoms with Crippen LogP contribution in [0.15, 0.2) is 47.7 Å². The monoisotopic (exact) mass is 548 g/mol. The Bertz CT molecular complexity index is 972. The Hall–Kier alpha value is -2.64. The Morgan fingerprint density at radius 2 is 1.94 bits per heavy atom. The smallest absolute Gasteiger partial charge is 0.370 e. The molecule has 8 nitrogen and oxygen atoms in total. The molecule has 0 bridgehead atoms. The summed E-state index contributed by atoms with van der Waals surface area (Å²) in [5, 5.41) is 17.6. The predicted octanol–water partition coefficient (Wildman–Crippen LogP) is 3.32. The van der Waals surface area contributed by atoms with Gasteiger partial charge in [-0.1, -0.05) is 6.07 Å². The molecule has 0 aliphatic carbocycles. The van der Waals surface area contributed by atoms with Crippen molar-refractivity contribution in [2.45, 2.75) is 26.1 Å². The van der Waals surface area contributed by atoms with Crippen molar-refractivity contribution in [1.82, 2.24) is 30.2 Å². The predicted molar refractivity (Wildman–Crippen MR) is 124 cm³/mol. The van der Waals surface area contributed by atoms with Gasteiger partial charge in [-0.05, 0) is 37.6 Å². The van der Waals surface area contributed by atoms with Crippen LogP contribution in [0.5, 0.6) is 0 Å². The van der Waals surface area contributed by atoms with Crippen LogP contribution in [0.2, 0.25) is 0 Å². The maximum Gasteiger partial charge on any atom is 0.417 e. The zero-order chi connectivity index (χ0) is 21.4. The first-order valence-corrected chi connectivity index (χ1v) is 9.55. The fourth-order valence-electron chi connectivity index (χ4n) is 2.67. The molecule has 0 saturated carbocycles. The van der Waals surface area contributed by atoms with Crippen LogP contribution in [0, 0.1) is 0 Å². The molecule has 3 N–H and O–H groups in total. The van der Waals surface area contributed by atoms with Crippen LogP contribution in [0.3, 0.4) is 0 Å². The molecule has 0 aromatic carbocycles. The lowest BCUT2D eigenvalue weighted by molar-refractivity contribution is -0.137. The van der Waals surface area contributed by atoms with Crippen molar-refractivity contribution in [2.75, 3.05) is 25.0 Å². The van der Waals surface area contributed by atoms with Crippen molar-refractivity contribution < 1.29 is 13.2 Å². The van der Waals surface area contributed by atoms with Gasteiger partial charge in [-0.25, -0.2) is 9.98 Å². The normalized spacial score (nSPS) is 11.8. The number of fused-ring (bicyclic) bond motifs is 1. The molecule has 0 fully saturated rings. The molecule has 0 atom stereocenters. The molecule has 3 aromatic rings. The molecule has 0 spiro atoms. The third-order valence-corrected chi connectivity index (χ3v) is 4.15. The summed E-state index contributed by atoms with van der Waals surface area (Å²) in [6.07, 6.45) is -0.941. The maximum absolute atomic E-state index is 12.5. The maximum atomic E-state index is 12.5. The van der Waals surface area contributed by atoms with Gasteiger partial charge in [-0.2, -0.15) is 13.2 Å². The summed E-state index contributed by atoms with van der Waals surface area (Å²) in [5.74, 6) is 1.79. The molecule has 31 heavy (non-hydrogen) atoms. The number of nitrogens with one attached hydrogen (secondary N) is 3. The van der Waals surface area contributed by atoms with Crippen LogP contribution in [-0.4, -0.2) is 45.2 Å². The summed E-state index contributed by atoms with van der Waals surface area (Å²) in [7, 11) is 0. The lowest BCUT2D eigenvalue weighted by atomic mass is 10.3. The summed E-state index contributed by atoms with van der Waals surface area (Å²) >= 11 is 0. The van der Waals surface area contributed by atoms with Crippen LogP contribution in [0.1, 0.15) is 24.7 Å². The van der Waals surface area contributed by atoms with Crippen LogP contribution in [0.25, 0.3) is 5.65 Å². The lowest BCUT2D eigenvalue weighted by Gasteiger charge is -2.12. The van der Waals surface area contributed by atoms with Crippen molar-refractivity contribution in [3.05, 3.63) is 54.1 Å². The van der Waals surface area contributed by atoms with Gasteiger partial charge in [0.25, 0.3) is 0 Å². The highest BCUT2D eigenvalue weighted by Crippen LogP contribution is 2.28. The van der Waals surface area contributed by atoms with Gasteiger partial charge in [0.15, 0.2) is 17.4 Å². The first kappa shape index (κ1) is 24.6. The molecular weight excluding hydrogens is 524 g/mol. The summed E-state index contributed by atoms with van der Waals surface area (Å²) in [5.41, 5.74) is 0.00488. The number of aromatic nitrogens is 4. The highest BCUT2D eigenvalue weighted by Gasteiger charge is 2.30. The van der Waals surface area contributed by atoms with Crippen molar-refractivity contribution in [2.24, 2.45) is 4.99 Å². The number of anilines is 1. The average Bonchev–Trinajstić information content (AvgIpc) is 3.14. The van der Waals surface area contributed by atoms with E-state index in [1.54, 1.807) is 0 Å². The van der Waals surface area contributed by atoms with Crippen LogP contribution in [0.4, 0.5) is 19.0 Å². The van der Waals surface area contributed by atoms with Crippen LogP contribution < -0.4 is 16.0 Å². The Labute approximate surface area is 194 Å². The van der Waals surface area contributed by atoms with Gasteiger partial charge in [0.1, 0.15) is 12.4 Å². The molecule has 0 aliphatic rings. The van der Waals surface area contributed by atoms with E-state index in [2.05, 4.69) is 36.1 Å². The minimum absolute atomic E-state index is 0. The number of alkyl halides is 3. The Morgan fingerprint density at radius 1 is 1.10 bits per heavy atom. The van der Waals surface area contributed by atoms with Crippen molar-refractivity contribution in [1.29, 1.82) is 0 Å². The first-order valence-electron chi connectivity index (χ1n) is 9.55. The molecular formula is C19H24F3IN8. The fraction of sp³-hybridized carbons (Fsp3) is 0.368. The highest BCUT2D eigenvalue weighted by molar-refractivity contribution is 14.0. The van der Waals surface area contributed by atoms with Gasteiger partial charge in [0.05, 0.1) is 5.56 Å². The van der Waals surface area contributed by atoms with Crippen molar-refractivity contribution >= 4 is 41.4 Å². The molecule has 0 unspecified atom stereocenters. The number of rotatable bonds is 8. The number of hydrogen-bond acceptors (Lipinski definition) is 5. The molecule has 3 aromatic heterocycles. The van der Waals surface area contributed by atoms with Gasteiger partial charge in [-0.3, -0.25) is 4.40 Å². The molecule has 0 amide bonds. The molecule has 0 saturated heterocycles. The van der Waals surface area contributed by atoms with Crippen molar-refractivity contribution in [3.63, 3.8) is 0 Å². The molecule has 3 heterocycles. The van der Waals surface area contributed by atoms with Crippen LogP contribution in [-0.2, 0) is 12.7 Å². The Balaban J connectivity index is 0.00000341. The highest BCUT2D eigenvalue weighted by atomic mass is 127. The number of nitrogens with zero attached hydrogens (tertiary/aromatic N) is 5. The molecule has 168 valence electrons. The van der Waals surface area contributed by atoms with Crippen LogP contribution >= 0.6 is 24.0 Å². The summed E-state index contributed by atoms with van der Waals surface area (Å²) in [6, 6.07) is 8.02. The molecule has 3 rings (SSSR count). The fourth-order valence-corrected chi connectivity index (χ4v) is 2.67. The Morgan fingerprint density at radius 3 is 2.65 bits per heavy atom. The summed E-state index contributed by atoms with van der Waals surface area (Å²) in [6.45, 7) is 4.23. The first-order chi connectivity index (χ1) is 14.5. The number of halogens is 4. The van der Waals surface area contributed by atoms with E-state index in [9.17, 15) is 13.2 Å². The molecule has 0 aliphatic heterocycles. The second-order valence-corrected chi connectivity index (χ2v) is 6.38. The number of aliphatic imine (C=N–C) groups is 1. The SMILES string of the molecule is CCNC(=NCc1nnc2ccccn12)NCCCNc1ccc(C(F)(F)F)cn1.I. The summed E-state index contributed by atoms with van der Waals surface area (Å²) < 4.78 is 39.5.